The highest BCUT2D eigenvalue weighted by atomic mass is 32.2. The number of rotatable bonds is 6. The summed E-state index contributed by atoms with van der Waals surface area (Å²) in [4.78, 5) is 28.0. The Kier molecular flexibility index (Phi) is 5.30. The molecule has 0 spiro atoms. The summed E-state index contributed by atoms with van der Waals surface area (Å²) in [5, 5.41) is 0. The second-order valence-corrected chi connectivity index (χ2v) is 6.85. The number of nitrogens with one attached hydrogen (secondary N) is 1. The van der Waals surface area contributed by atoms with Crippen molar-refractivity contribution in [3.8, 4) is 0 Å². The molecule has 8 heteroatoms. The van der Waals surface area contributed by atoms with Gasteiger partial charge in [-0.25, -0.2) is 13.2 Å². The van der Waals surface area contributed by atoms with Crippen LogP contribution in [0, 0.1) is 0 Å². The molecule has 0 radical (unpaired) electrons. The Labute approximate surface area is 139 Å². The van der Waals surface area contributed by atoms with Crippen molar-refractivity contribution in [2.45, 2.75) is 13.0 Å². The lowest BCUT2D eigenvalue weighted by Crippen LogP contribution is -2.24. The SMILES string of the molecule is C[C@@H](OC(=O)c1ccncc1)C(=O)c1ccc(NS(C)(=O)=O)cc1. The van der Waals surface area contributed by atoms with Gasteiger partial charge in [0.2, 0.25) is 15.8 Å². The molecule has 1 aromatic carbocycles. The summed E-state index contributed by atoms with van der Waals surface area (Å²) in [7, 11) is -3.38. The van der Waals surface area contributed by atoms with Gasteiger partial charge in [-0.15, -0.1) is 0 Å². The number of aromatic nitrogens is 1. The molecule has 0 unspecified atom stereocenters. The lowest BCUT2D eigenvalue weighted by atomic mass is 10.1. The van der Waals surface area contributed by atoms with E-state index < -0.39 is 22.1 Å². The standard InChI is InChI=1S/C16H16N2O5S/c1-11(23-16(20)13-7-9-17-10-8-13)15(19)12-3-5-14(6-4-12)18-24(2,21)22/h3-11,18H,1-2H3/t11-/m1/s1. The maximum Gasteiger partial charge on any atom is 0.338 e. The molecule has 2 aromatic rings. The molecule has 24 heavy (non-hydrogen) atoms. The number of Topliss-reactive ketones (excluding diaryl/α,β-unsaturated/α-hetero) is 1. The predicted octanol–water partition coefficient (Wildman–Crippen LogP) is 1.88. The van der Waals surface area contributed by atoms with Gasteiger partial charge in [0, 0.05) is 23.6 Å². The molecule has 0 aliphatic carbocycles. The van der Waals surface area contributed by atoms with Crippen LogP contribution in [0.3, 0.4) is 0 Å². The van der Waals surface area contributed by atoms with E-state index in [0.29, 0.717) is 16.8 Å². The number of nitrogens with zero attached hydrogens (tertiary/aromatic N) is 1. The fraction of sp³-hybridized carbons (Fsp3) is 0.188. The van der Waals surface area contributed by atoms with Gasteiger partial charge in [0.25, 0.3) is 0 Å². The number of hydrogen-bond acceptors (Lipinski definition) is 6. The first-order valence-electron chi connectivity index (χ1n) is 6.99. The van der Waals surface area contributed by atoms with Crippen LogP contribution in [-0.4, -0.2) is 37.5 Å². The van der Waals surface area contributed by atoms with E-state index >= 15 is 0 Å². The first-order chi connectivity index (χ1) is 11.3. The molecule has 0 bridgehead atoms. The number of ketones is 1. The Bertz CT molecular complexity index is 833. The van der Waals surface area contributed by atoms with Gasteiger partial charge < -0.3 is 4.74 Å². The Morgan fingerprint density at radius 1 is 1.04 bits per heavy atom. The van der Waals surface area contributed by atoms with E-state index in [1.807, 2.05) is 0 Å². The van der Waals surface area contributed by atoms with Gasteiger partial charge in [-0.2, -0.15) is 0 Å². The van der Waals surface area contributed by atoms with Gasteiger partial charge in [0.15, 0.2) is 6.10 Å². The van der Waals surface area contributed by atoms with Crippen molar-refractivity contribution in [1.82, 2.24) is 4.98 Å². The molecule has 2 rings (SSSR count). The highest BCUT2D eigenvalue weighted by Gasteiger charge is 2.20. The number of pyridine rings is 1. The first-order valence-corrected chi connectivity index (χ1v) is 8.88. The maximum absolute atomic E-state index is 12.3. The van der Waals surface area contributed by atoms with Crippen molar-refractivity contribution in [3.05, 3.63) is 59.9 Å². The summed E-state index contributed by atoms with van der Waals surface area (Å²) in [5.41, 5.74) is 0.955. The van der Waals surface area contributed by atoms with Crippen LogP contribution in [0.2, 0.25) is 0 Å². The molecule has 7 nitrogen and oxygen atoms in total. The minimum absolute atomic E-state index is 0.303. The largest absolute Gasteiger partial charge is 0.451 e. The third-order valence-electron chi connectivity index (χ3n) is 3.04. The molecule has 1 heterocycles. The molecule has 0 aliphatic rings. The summed E-state index contributed by atoms with van der Waals surface area (Å²) in [6, 6.07) is 8.84. The molecule has 0 saturated carbocycles. The van der Waals surface area contributed by atoms with Gasteiger partial charge in [-0.05, 0) is 43.3 Å². The van der Waals surface area contributed by atoms with Crippen LogP contribution >= 0.6 is 0 Å². The number of esters is 1. The van der Waals surface area contributed by atoms with E-state index in [1.54, 1.807) is 0 Å². The van der Waals surface area contributed by atoms with Gasteiger partial charge in [0.05, 0.1) is 11.8 Å². The Balaban J connectivity index is 2.04. The van der Waals surface area contributed by atoms with E-state index in [4.69, 9.17) is 4.74 Å². The lowest BCUT2D eigenvalue weighted by Gasteiger charge is -2.12. The molecule has 0 saturated heterocycles. The van der Waals surface area contributed by atoms with Crippen molar-refractivity contribution in [2.75, 3.05) is 11.0 Å². The van der Waals surface area contributed by atoms with E-state index in [0.717, 1.165) is 6.26 Å². The van der Waals surface area contributed by atoms with Crippen molar-refractivity contribution in [2.24, 2.45) is 0 Å². The van der Waals surface area contributed by atoms with Crippen molar-refractivity contribution in [1.29, 1.82) is 0 Å². The monoisotopic (exact) mass is 348 g/mol. The normalized spacial score (nSPS) is 12.2. The second kappa shape index (κ2) is 7.22. The van der Waals surface area contributed by atoms with Crippen molar-refractivity contribution in [3.63, 3.8) is 0 Å². The van der Waals surface area contributed by atoms with Crippen LogP contribution in [0.15, 0.2) is 48.8 Å². The third kappa shape index (κ3) is 4.88. The second-order valence-electron chi connectivity index (χ2n) is 5.10. The minimum Gasteiger partial charge on any atom is -0.451 e. The zero-order valence-electron chi connectivity index (χ0n) is 13.1. The lowest BCUT2D eigenvalue weighted by molar-refractivity contribution is 0.0318. The Morgan fingerprint density at radius 3 is 2.17 bits per heavy atom. The topological polar surface area (TPSA) is 102 Å². The van der Waals surface area contributed by atoms with E-state index in [2.05, 4.69) is 9.71 Å². The minimum atomic E-state index is -3.38. The molecule has 0 aliphatic heterocycles. The Morgan fingerprint density at radius 2 is 1.62 bits per heavy atom. The fourth-order valence-corrected chi connectivity index (χ4v) is 2.49. The number of sulfonamides is 1. The van der Waals surface area contributed by atoms with Crippen LogP contribution < -0.4 is 4.72 Å². The number of ether oxygens (including phenoxy) is 1. The van der Waals surface area contributed by atoms with Crippen LogP contribution in [0.4, 0.5) is 5.69 Å². The number of benzene rings is 1. The average molecular weight is 348 g/mol. The summed E-state index contributed by atoms with van der Waals surface area (Å²) in [5.74, 6) is -1.00. The highest BCUT2D eigenvalue weighted by Crippen LogP contribution is 2.14. The van der Waals surface area contributed by atoms with Crippen molar-refractivity contribution >= 4 is 27.5 Å². The molecule has 0 fully saturated rings. The summed E-state index contributed by atoms with van der Waals surface area (Å²) >= 11 is 0. The highest BCUT2D eigenvalue weighted by molar-refractivity contribution is 7.92. The summed E-state index contributed by atoms with van der Waals surface area (Å²) < 4.78 is 29.7. The average Bonchev–Trinajstić information content (AvgIpc) is 2.54. The van der Waals surface area contributed by atoms with Gasteiger partial charge >= 0.3 is 5.97 Å². The van der Waals surface area contributed by atoms with E-state index in [9.17, 15) is 18.0 Å². The summed E-state index contributed by atoms with van der Waals surface area (Å²) in [6.07, 6.45) is 2.97. The van der Waals surface area contributed by atoms with Crippen LogP contribution in [0.1, 0.15) is 27.6 Å². The van der Waals surface area contributed by atoms with Crippen LogP contribution in [-0.2, 0) is 14.8 Å². The van der Waals surface area contributed by atoms with Gasteiger partial charge in [0.1, 0.15) is 0 Å². The van der Waals surface area contributed by atoms with Crippen LogP contribution in [0.25, 0.3) is 0 Å². The smallest absolute Gasteiger partial charge is 0.338 e. The van der Waals surface area contributed by atoms with Gasteiger partial charge in [-0.3, -0.25) is 14.5 Å². The number of anilines is 1. The molecule has 0 amide bonds. The fourth-order valence-electron chi connectivity index (χ4n) is 1.92. The molecule has 1 atom stereocenters. The van der Waals surface area contributed by atoms with Gasteiger partial charge in [-0.1, -0.05) is 0 Å². The molecule has 1 aromatic heterocycles. The molecular weight excluding hydrogens is 332 g/mol. The molecular formula is C16H16N2O5S. The van der Waals surface area contributed by atoms with E-state index in [-0.39, 0.29) is 5.78 Å². The molecule has 1 N–H and O–H groups in total. The molecule has 126 valence electrons. The number of carbonyl (C=O) groups excluding carboxylic acids is 2. The van der Waals surface area contributed by atoms with Crippen molar-refractivity contribution < 1.29 is 22.7 Å². The maximum atomic E-state index is 12.3. The van der Waals surface area contributed by atoms with E-state index in [1.165, 1.54) is 55.7 Å². The summed E-state index contributed by atoms with van der Waals surface area (Å²) in [6.45, 7) is 1.48. The first kappa shape index (κ1) is 17.6. The van der Waals surface area contributed by atoms with Crippen LogP contribution in [0.5, 0.6) is 0 Å². The number of carbonyl (C=O) groups is 2. The zero-order chi connectivity index (χ0) is 17.7. The predicted molar refractivity (Wildman–Crippen MR) is 88.4 cm³/mol. The third-order valence-corrected chi connectivity index (χ3v) is 3.65. The Hall–Kier alpha value is -2.74. The zero-order valence-corrected chi connectivity index (χ0v) is 13.9. The number of hydrogen-bond donors (Lipinski definition) is 1. The quantitative estimate of drug-likeness (QED) is 0.632.